The molecule has 0 atom stereocenters. The average molecular weight is 251 g/mol. The molecule has 0 aliphatic heterocycles. The minimum Gasteiger partial charge on any atom is -0.449 e. The molecule has 4 heteroatoms. The summed E-state index contributed by atoms with van der Waals surface area (Å²) >= 11 is 0. The molecule has 0 saturated heterocycles. The van der Waals surface area contributed by atoms with Crippen LogP contribution in [0.15, 0.2) is 24.3 Å². The molecule has 0 radical (unpaired) electrons. The minimum atomic E-state index is -0.402. The van der Waals surface area contributed by atoms with Crippen molar-refractivity contribution in [1.29, 1.82) is 0 Å². The van der Waals surface area contributed by atoms with E-state index in [1.165, 1.54) is 0 Å². The summed E-state index contributed by atoms with van der Waals surface area (Å²) in [4.78, 5) is 11.4. The standard InChI is InChI=1S/C14H21NO3/c1-14(2,3)15-13(17)18-8-7-11-5-4-6-12(9-11)10-16/h4-6,9,16H,7-8,10H2,1-3H3,(H,15,17). The van der Waals surface area contributed by atoms with Gasteiger partial charge in [-0.1, -0.05) is 24.3 Å². The van der Waals surface area contributed by atoms with Gasteiger partial charge in [0, 0.05) is 12.0 Å². The molecule has 2 N–H and O–H groups in total. The van der Waals surface area contributed by atoms with Crippen LogP contribution in [-0.4, -0.2) is 23.3 Å². The van der Waals surface area contributed by atoms with E-state index < -0.39 is 6.09 Å². The second-order valence-corrected chi connectivity index (χ2v) is 5.24. The zero-order valence-corrected chi connectivity index (χ0v) is 11.2. The van der Waals surface area contributed by atoms with Gasteiger partial charge in [-0.3, -0.25) is 0 Å². The molecule has 1 amide bonds. The molecule has 0 saturated carbocycles. The van der Waals surface area contributed by atoms with Gasteiger partial charge in [0.1, 0.15) is 0 Å². The summed E-state index contributed by atoms with van der Waals surface area (Å²) in [6, 6.07) is 7.60. The fourth-order valence-electron chi connectivity index (χ4n) is 1.49. The van der Waals surface area contributed by atoms with Crippen LogP contribution in [0.2, 0.25) is 0 Å². The molecule has 1 rings (SSSR count). The highest BCUT2D eigenvalue weighted by molar-refractivity contribution is 5.68. The SMILES string of the molecule is CC(C)(C)NC(=O)OCCc1cccc(CO)c1. The van der Waals surface area contributed by atoms with E-state index in [2.05, 4.69) is 5.32 Å². The number of nitrogens with one attached hydrogen (secondary N) is 1. The number of rotatable bonds is 4. The van der Waals surface area contributed by atoms with Gasteiger partial charge in [-0.05, 0) is 31.9 Å². The van der Waals surface area contributed by atoms with Gasteiger partial charge >= 0.3 is 6.09 Å². The van der Waals surface area contributed by atoms with E-state index in [1.807, 2.05) is 45.0 Å². The van der Waals surface area contributed by atoms with E-state index >= 15 is 0 Å². The van der Waals surface area contributed by atoms with E-state index in [4.69, 9.17) is 9.84 Å². The summed E-state index contributed by atoms with van der Waals surface area (Å²) in [5.41, 5.74) is 1.63. The Hall–Kier alpha value is -1.55. The second-order valence-electron chi connectivity index (χ2n) is 5.24. The molecule has 0 fully saturated rings. The van der Waals surface area contributed by atoms with Crippen molar-refractivity contribution in [3.05, 3.63) is 35.4 Å². The molecule has 0 spiro atoms. The molecule has 0 heterocycles. The van der Waals surface area contributed by atoms with Gasteiger partial charge in [0.25, 0.3) is 0 Å². The third-order valence-corrected chi connectivity index (χ3v) is 2.27. The van der Waals surface area contributed by atoms with Crippen LogP contribution in [0.1, 0.15) is 31.9 Å². The monoisotopic (exact) mass is 251 g/mol. The highest BCUT2D eigenvalue weighted by Crippen LogP contribution is 2.06. The summed E-state index contributed by atoms with van der Waals surface area (Å²) in [5.74, 6) is 0. The summed E-state index contributed by atoms with van der Waals surface area (Å²) < 4.78 is 5.08. The van der Waals surface area contributed by atoms with E-state index in [1.54, 1.807) is 0 Å². The maximum Gasteiger partial charge on any atom is 0.407 e. The molecule has 0 unspecified atom stereocenters. The molecule has 1 aromatic rings. The Labute approximate surface area is 108 Å². The molecular weight excluding hydrogens is 230 g/mol. The summed E-state index contributed by atoms with van der Waals surface area (Å²) in [7, 11) is 0. The predicted octanol–water partition coefficient (Wildman–Crippen LogP) is 2.25. The van der Waals surface area contributed by atoms with Crippen LogP contribution in [0.3, 0.4) is 0 Å². The molecular formula is C14H21NO3. The normalized spacial score (nSPS) is 11.1. The van der Waals surface area contributed by atoms with Gasteiger partial charge in [-0.25, -0.2) is 4.79 Å². The Morgan fingerprint density at radius 2 is 2.00 bits per heavy atom. The maximum absolute atomic E-state index is 11.4. The fraction of sp³-hybridized carbons (Fsp3) is 0.500. The van der Waals surface area contributed by atoms with E-state index in [0.717, 1.165) is 11.1 Å². The second kappa shape index (κ2) is 6.40. The van der Waals surface area contributed by atoms with Crippen LogP contribution >= 0.6 is 0 Å². The molecule has 4 nitrogen and oxygen atoms in total. The van der Waals surface area contributed by atoms with E-state index in [-0.39, 0.29) is 12.1 Å². The van der Waals surface area contributed by atoms with Crippen LogP contribution in [0.25, 0.3) is 0 Å². The molecule has 18 heavy (non-hydrogen) atoms. The smallest absolute Gasteiger partial charge is 0.407 e. The van der Waals surface area contributed by atoms with E-state index in [9.17, 15) is 4.79 Å². The first-order chi connectivity index (χ1) is 8.40. The average Bonchev–Trinajstić information content (AvgIpc) is 2.27. The number of ether oxygens (including phenoxy) is 1. The molecule has 0 aliphatic carbocycles. The molecule has 1 aromatic carbocycles. The minimum absolute atomic E-state index is 0.0270. The highest BCUT2D eigenvalue weighted by Gasteiger charge is 2.14. The number of carbonyl (C=O) groups is 1. The van der Waals surface area contributed by atoms with Crippen LogP contribution in [0.5, 0.6) is 0 Å². The molecule has 0 bridgehead atoms. The van der Waals surface area contributed by atoms with E-state index in [0.29, 0.717) is 13.0 Å². The van der Waals surface area contributed by atoms with Gasteiger partial charge in [0.15, 0.2) is 0 Å². The number of aliphatic hydroxyl groups is 1. The van der Waals surface area contributed by atoms with Gasteiger partial charge < -0.3 is 15.2 Å². The highest BCUT2D eigenvalue weighted by atomic mass is 16.5. The van der Waals surface area contributed by atoms with Crippen molar-refractivity contribution in [3.8, 4) is 0 Å². The number of hydrogen-bond acceptors (Lipinski definition) is 3. The van der Waals surface area contributed by atoms with Crippen molar-refractivity contribution in [1.82, 2.24) is 5.32 Å². The third kappa shape index (κ3) is 5.68. The largest absolute Gasteiger partial charge is 0.449 e. The van der Waals surface area contributed by atoms with Gasteiger partial charge in [-0.15, -0.1) is 0 Å². The lowest BCUT2D eigenvalue weighted by molar-refractivity contribution is 0.139. The fourth-order valence-corrected chi connectivity index (χ4v) is 1.49. The van der Waals surface area contributed by atoms with Crippen molar-refractivity contribution >= 4 is 6.09 Å². The Morgan fingerprint density at radius 1 is 1.33 bits per heavy atom. The molecule has 0 aromatic heterocycles. The van der Waals surface area contributed by atoms with Crippen LogP contribution in [0.4, 0.5) is 4.79 Å². The quantitative estimate of drug-likeness (QED) is 0.863. The topological polar surface area (TPSA) is 58.6 Å². The van der Waals surface area contributed by atoms with Crippen molar-refractivity contribution in [2.75, 3.05) is 6.61 Å². The number of hydrogen-bond donors (Lipinski definition) is 2. The summed E-state index contributed by atoms with van der Waals surface area (Å²) in [6.07, 6.45) is 0.242. The third-order valence-electron chi connectivity index (χ3n) is 2.27. The summed E-state index contributed by atoms with van der Waals surface area (Å²) in [6.45, 7) is 6.06. The number of aliphatic hydroxyl groups excluding tert-OH is 1. The Morgan fingerprint density at radius 3 is 2.61 bits per heavy atom. The first-order valence-electron chi connectivity index (χ1n) is 6.04. The van der Waals surface area contributed by atoms with Crippen molar-refractivity contribution in [2.24, 2.45) is 0 Å². The van der Waals surface area contributed by atoms with Crippen molar-refractivity contribution in [2.45, 2.75) is 39.3 Å². The first-order valence-corrected chi connectivity index (χ1v) is 6.04. The maximum atomic E-state index is 11.4. The zero-order valence-electron chi connectivity index (χ0n) is 11.2. The van der Waals surface area contributed by atoms with Crippen LogP contribution < -0.4 is 5.32 Å². The Kier molecular flexibility index (Phi) is 5.16. The molecule has 100 valence electrons. The van der Waals surface area contributed by atoms with Crippen LogP contribution in [-0.2, 0) is 17.8 Å². The lowest BCUT2D eigenvalue weighted by Crippen LogP contribution is -2.41. The zero-order chi connectivity index (χ0) is 13.6. The Bertz CT molecular complexity index is 396. The van der Waals surface area contributed by atoms with Gasteiger partial charge in [0.2, 0.25) is 0 Å². The van der Waals surface area contributed by atoms with Crippen molar-refractivity contribution < 1.29 is 14.6 Å². The predicted molar refractivity (Wildman–Crippen MR) is 70.3 cm³/mol. The Balaban J connectivity index is 2.35. The number of carbonyl (C=O) groups excluding carboxylic acids is 1. The van der Waals surface area contributed by atoms with Gasteiger partial charge in [-0.2, -0.15) is 0 Å². The number of benzene rings is 1. The summed E-state index contributed by atoms with van der Waals surface area (Å²) in [5, 5.41) is 11.7. The van der Waals surface area contributed by atoms with Crippen molar-refractivity contribution in [3.63, 3.8) is 0 Å². The van der Waals surface area contributed by atoms with Gasteiger partial charge in [0.05, 0.1) is 13.2 Å². The molecule has 0 aliphatic rings. The first kappa shape index (κ1) is 14.5. The number of alkyl carbamates (subject to hydrolysis) is 1. The lowest BCUT2D eigenvalue weighted by atomic mass is 10.1. The number of amides is 1. The lowest BCUT2D eigenvalue weighted by Gasteiger charge is -2.19. The van der Waals surface area contributed by atoms with Crippen LogP contribution in [0, 0.1) is 0 Å².